The number of benzene rings is 2. The second-order valence-corrected chi connectivity index (χ2v) is 7.78. The Kier molecular flexibility index (Phi) is 6.43. The van der Waals surface area contributed by atoms with Gasteiger partial charge in [-0.15, -0.1) is 0 Å². The van der Waals surface area contributed by atoms with Gasteiger partial charge in [-0.05, 0) is 16.7 Å². The zero-order valence-corrected chi connectivity index (χ0v) is 17.5. The molecule has 0 radical (unpaired) electrons. The highest BCUT2D eigenvalue weighted by Gasteiger charge is 2.32. The molecular formula is C24H26N4O3. The number of hydrogen-bond acceptors (Lipinski definition) is 5. The molecule has 0 spiro atoms. The number of hydrogen-bond donors (Lipinski definition) is 1. The molecule has 1 aliphatic heterocycles. The predicted octanol–water partition coefficient (Wildman–Crippen LogP) is 2.69. The minimum absolute atomic E-state index is 0.102. The summed E-state index contributed by atoms with van der Waals surface area (Å²) in [6, 6.07) is 19.8. The lowest BCUT2D eigenvalue weighted by atomic mass is 10.0. The number of rotatable bonds is 7. The molecule has 7 heteroatoms. The first kappa shape index (κ1) is 20.8. The molecule has 1 N–H and O–H groups in total. The van der Waals surface area contributed by atoms with E-state index in [4.69, 9.17) is 4.52 Å². The van der Waals surface area contributed by atoms with Crippen molar-refractivity contribution < 1.29 is 14.1 Å². The Morgan fingerprint density at radius 2 is 1.87 bits per heavy atom. The van der Waals surface area contributed by atoms with E-state index in [2.05, 4.69) is 51.8 Å². The van der Waals surface area contributed by atoms with E-state index in [0.717, 1.165) is 11.1 Å². The summed E-state index contributed by atoms with van der Waals surface area (Å²) >= 11 is 0. The maximum atomic E-state index is 12.7. The number of nitrogens with zero attached hydrogens (tertiary/aromatic N) is 3. The lowest BCUT2D eigenvalue weighted by Gasteiger charge is -2.35. The van der Waals surface area contributed by atoms with Gasteiger partial charge in [-0.25, -0.2) is 0 Å². The zero-order valence-electron chi connectivity index (χ0n) is 17.5. The van der Waals surface area contributed by atoms with E-state index >= 15 is 0 Å². The highest BCUT2D eigenvalue weighted by Crippen LogP contribution is 2.21. The molecular weight excluding hydrogens is 392 g/mol. The van der Waals surface area contributed by atoms with Crippen LogP contribution >= 0.6 is 0 Å². The van der Waals surface area contributed by atoms with Gasteiger partial charge in [0.05, 0.1) is 19.0 Å². The number of piperazine rings is 1. The molecule has 2 heterocycles. The first-order chi connectivity index (χ1) is 15.1. The van der Waals surface area contributed by atoms with Gasteiger partial charge < -0.3 is 14.7 Å². The topological polar surface area (TPSA) is 78.7 Å². The van der Waals surface area contributed by atoms with Crippen molar-refractivity contribution in [3.63, 3.8) is 0 Å². The fourth-order valence-corrected chi connectivity index (χ4v) is 3.81. The minimum Gasteiger partial charge on any atom is -0.364 e. The van der Waals surface area contributed by atoms with Crippen LogP contribution in [-0.2, 0) is 22.7 Å². The molecule has 1 aliphatic rings. The van der Waals surface area contributed by atoms with Crippen LogP contribution in [0.1, 0.15) is 17.7 Å². The maximum Gasteiger partial charge on any atom is 0.237 e. The van der Waals surface area contributed by atoms with Gasteiger partial charge >= 0.3 is 0 Å². The third kappa shape index (κ3) is 5.19. The van der Waals surface area contributed by atoms with Crippen LogP contribution in [0.2, 0.25) is 0 Å². The highest BCUT2D eigenvalue weighted by molar-refractivity contribution is 5.88. The number of aromatic nitrogens is 1. The van der Waals surface area contributed by atoms with E-state index in [1.807, 2.05) is 18.2 Å². The minimum atomic E-state index is -0.491. The van der Waals surface area contributed by atoms with E-state index in [0.29, 0.717) is 31.9 Å². The Morgan fingerprint density at radius 3 is 2.58 bits per heavy atom. The molecule has 1 aromatic heterocycles. The van der Waals surface area contributed by atoms with Gasteiger partial charge in [0.25, 0.3) is 0 Å². The largest absolute Gasteiger partial charge is 0.364 e. The molecule has 0 unspecified atom stereocenters. The molecule has 4 rings (SSSR count). The van der Waals surface area contributed by atoms with E-state index in [9.17, 15) is 9.59 Å². The van der Waals surface area contributed by atoms with Crippen LogP contribution in [0.15, 0.2) is 71.4 Å². The summed E-state index contributed by atoms with van der Waals surface area (Å²) in [4.78, 5) is 29.0. The van der Waals surface area contributed by atoms with E-state index < -0.39 is 6.04 Å². The van der Waals surface area contributed by atoms with Crippen LogP contribution in [0.25, 0.3) is 11.1 Å². The molecule has 0 saturated carbocycles. The maximum absolute atomic E-state index is 12.7. The third-order valence-electron chi connectivity index (χ3n) is 5.57. The van der Waals surface area contributed by atoms with Crippen LogP contribution in [0, 0.1) is 0 Å². The van der Waals surface area contributed by atoms with Crippen LogP contribution < -0.4 is 5.32 Å². The van der Waals surface area contributed by atoms with Crippen LogP contribution in [0.5, 0.6) is 0 Å². The molecule has 1 fully saturated rings. The number of amides is 2. The lowest BCUT2D eigenvalue weighted by molar-refractivity contribution is -0.138. The molecule has 2 amide bonds. The summed E-state index contributed by atoms with van der Waals surface area (Å²) in [5.41, 5.74) is 4.12. The summed E-state index contributed by atoms with van der Waals surface area (Å²) in [7, 11) is 1.71. The van der Waals surface area contributed by atoms with Gasteiger partial charge in [-0.1, -0.05) is 59.8 Å². The average molecular weight is 418 g/mol. The molecule has 0 bridgehead atoms. The fraction of sp³-hybridized carbons (Fsp3) is 0.292. The van der Waals surface area contributed by atoms with Crippen molar-refractivity contribution >= 4 is 11.8 Å². The van der Waals surface area contributed by atoms with Crippen molar-refractivity contribution in [2.45, 2.75) is 25.6 Å². The summed E-state index contributed by atoms with van der Waals surface area (Å²) in [5, 5.41) is 6.73. The molecule has 2 aromatic carbocycles. The second-order valence-electron chi connectivity index (χ2n) is 7.78. The quantitative estimate of drug-likeness (QED) is 0.638. The second kappa shape index (κ2) is 9.57. The molecule has 3 aromatic rings. The van der Waals surface area contributed by atoms with Crippen LogP contribution in [0.4, 0.5) is 0 Å². The van der Waals surface area contributed by atoms with E-state index in [-0.39, 0.29) is 18.2 Å². The lowest BCUT2D eigenvalue weighted by Crippen LogP contribution is -2.56. The Morgan fingerprint density at radius 1 is 1.13 bits per heavy atom. The first-order valence-corrected chi connectivity index (χ1v) is 10.4. The molecule has 1 atom stereocenters. The van der Waals surface area contributed by atoms with Gasteiger partial charge in [0.15, 0.2) is 0 Å². The zero-order chi connectivity index (χ0) is 21.6. The monoisotopic (exact) mass is 418 g/mol. The van der Waals surface area contributed by atoms with Crippen LogP contribution in [-0.4, -0.2) is 52.9 Å². The Hall–Kier alpha value is -3.45. The first-order valence-electron chi connectivity index (χ1n) is 10.4. The molecule has 0 aliphatic carbocycles. The van der Waals surface area contributed by atoms with Gasteiger partial charge in [0.1, 0.15) is 12.0 Å². The van der Waals surface area contributed by atoms with E-state index in [1.54, 1.807) is 18.0 Å². The molecule has 1 saturated heterocycles. The standard InChI is InChI=1S/C24H26N4O3/c1-27(17-21-11-14-31-26-21)23(29)15-22-24(30)25-12-13-28(22)16-18-7-9-20(10-8-18)19-5-3-2-4-6-19/h2-11,14,22H,12-13,15-17H2,1H3,(H,25,30)/t22-/m1/s1. The fourth-order valence-electron chi connectivity index (χ4n) is 3.81. The summed E-state index contributed by atoms with van der Waals surface area (Å²) in [6.07, 6.45) is 1.61. The summed E-state index contributed by atoms with van der Waals surface area (Å²) < 4.78 is 4.82. The third-order valence-corrected chi connectivity index (χ3v) is 5.57. The average Bonchev–Trinajstić information content (AvgIpc) is 3.30. The van der Waals surface area contributed by atoms with E-state index in [1.165, 1.54) is 11.8 Å². The highest BCUT2D eigenvalue weighted by atomic mass is 16.5. The predicted molar refractivity (Wildman–Crippen MR) is 117 cm³/mol. The molecule has 7 nitrogen and oxygen atoms in total. The Balaban J connectivity index is 1.41. The summed E-state index contributed by atoms with van der Waals surface area (Å²) in [5.74, 6) is -0.204. The van der Waals surface area contributed by atoms with Crippen molar-refractivity contribution in [1.29, 1.82) is 0 Å². The smallest absolute Gasteiger partial charge is 0.237 e. The van der Waals surface area contributed by atoms with Crippen molar-refractivity contribution in [3.8, 4) is 11.1 Å². The van der Waals surface area contributed by atoms with Gasteiger partial charge in [-0.2, -0.15) is 0 Å². The molecule has 31 heavy (non-hydrogen) atoms. The summed E-state index contributed by atoms with van der Waals surface area (Å²) in [6.45, 7) is 2.26. The number of nitrogens with one attached hydrogen (secondary N) is 1. The Bertz CT molecular complexity index is 1000. The van der Waals surface area contributed by atoms with Crippen molar-refractivity contribution in [2.75, 3.05) is 20.1 Å². The normalized spacial score (nSPS) is 16.7. The number of carbonyl (C=O) groups excluding carboxylic acids is 2. The van der Waals surface area contributed by atoms with Gasteiger partial charge in [-0.3, -0.25) is 14.5 Å². The van der Waals surface area contributed by atoms with Crippen molar-refractivity contribution in [1.82, 2.24) is 20.3 Å². The van der Waals surface area contributed by atoms with Gasteiger partial charge in [0.2, 0.25) is 11.8 Å². The Labute approximate surface area is 181 Å². The number of carbonyl (C=O) groups is 2. The van der Waals surface area contributed by atoms with Crippen molar-refractivity contribution in [2.24, 2.45) is 0 Å². The SMILES string of the molecule is CN(Cc1ccon1)C(=O)C[C@@H]1C(=O)NCCN1Cc1ccc(-c2ccccc2)cc1. The van der Waals surface area contributed by atoms with Crippen LogP contribution in [0.3, 0.4) is 0 Å². The molecule has 160 valence electrons. The van der Waals surface area contributed by atoms with Gasteiger partial charge in [0, 0.05) is 32.7 Å². The van der Waals surface area contributed by atoms with Crippen molar-refractivity contribution in [3.05, 3.63) is 78.2 Å².